The highest BCUT2D eigenvalue weighted by molar-refractivity contribution is 8.03. The van der Waals surface area contributed by atoms with Gasteiger partial charge in [0.05, 0.1) is 29.5 Å². The Bertz CT molecular complexity index is 1220. The molecule has 2 amide bonds. The Morgan fingerprint density at radius 1 is 1.21 bits per heavy atom. The zero-order valence-corrected chi connectivity index (χ0v) is 19.8. The lowest BCUT2D eigenvalue weighted by molar-refractivity contribution is -0.150. The number of carbonyl (C=O) groups is 4. The number of benzene rings is 2. The minimum atomic E-state index is -1.27. The van der Waals surface area contributed by atoms with Gasteiger partial charge in [-0.05, 0) is 36.8 Å². The number of hydrogen-bond acceptors (Lipinski definition) is 7. The normalized spacial score (nSPS) is 17.4. The van der Waals surface area contributed by atoms with Gasteiger partial charge in [-0.2, -0.15) is 5.26 Å². The molecule has 34 heavy (non-hydrogen) atoms. The van der Waals surface area contributed by atoms with Crippen LogP contribution < -0.4 is 10.6 Å². The smallest absolute Gasteiger partial charge is 0.319 e. The largest absolute Gasteiger partial charge is 0.468 e. The number of anilines is 1. The van der Waals surface area contributed by atoms with E-state index in [0.29, 0.717) is 21.8 Å². The van der Waals surface area contributed by atoms with Gasteiger partial charge in [0.25, 0.3) is 0 Å². The molecule has 2 aromatic rings. The van der Waals surface area contributed by atoms with E-state index in [1.165, 1.54) is 14.0 Å². The number of hydrogen-bond donors (Lipinski definition) is 2. The summed E-state index contributed by atoms with van der Waals surface area (Å²) in [7, 11) is 1.17. The number of nitrogens with zero attached hydrogens (tertiary/aromatic N) is 1. The fraction of sp³-hybridized carbons (Fsp3) is 0.208. The van der Waals surface area contributed by atoms with Crippen molar-refractivity contribution in [1.29, 1.82) is 5.26 Å². The van der Waals surface area contributed by atoms with E-state index in [1.807, 2.05) is 0 Å². The maximum absolute atomic E-state index is 12.8. The van der Waals surface area contributed by atoms with Gasteiger partial charge >= 0.3 is 5.97 Å². The molecule has 0 radical (unpaired) electrons. The molecule has 0 bridgehead atoms. The van der Waals surface area contributed by atoms with E-state index < -0.39 is 29.6 Å². The van der Waals surface area contributed by atoms with Crippen LogP contribution in [0.2, 0.25) is 5.02 Å². The maximum Gasteiger partial charge on any atom is 0.319 e. The SMILES string of the molecule is COC(=O)[C@@H]1C(=O)NC(SCC(=O)Nc2cccc(C(C)=O)c2)=C(C#N)[C@@H]1c1ccc(Cl)cc1. The Kier molecular flexibility index (Phi) is 8.10. The van der Waals surface area contributed by atoms with Crippen molar-refractivity contribution in [3.05, 3.63) is 75.3 Å². The molecule has 0 saturated heterocycles. The Morgan fingerprint density at radius 3 is 2.53 bits per heavy atom. The Balaban J connectivity index is 1.86. The summed E-state index contributed by atoms with van der Waals surface area (Å²) in [5.74, 6) is -4.24. The number of amides is 2. The van der Waals surface area contributed by atoms with Crippen molar-refractivity contribution in [2.75, 3.05) is 18.2 Å². The summed E-state index contributed by atoms with van der Waals surface area (Å²) in [5.41, 5.74) is 1.58. The summed E-state index contributed by atoms with van der Waals surface area (Å²) in [6, 6.07) is 15.0. The molecule has 0 aliphatic carbocycles. The zero-order valence-electron chi connectivity index (χ0n) is 18.3. The number of nitriles is 1. The molecule has 0 aromatic heterocycles. The number of thioether (sulfide) groups is 1. The molecule has 3 rings (SSSR count). The maximum atomic E-state index is 12.8. The van der Waals surface area contributed by atoms with Crippen LogP contribution in [0.4, 0.5) is 5.69 Å². The number of methoxy groups -OCH3 is 1. The van der Waals surface area contributed by atoms with Gasteiger partial charge in [-0.1, -0.05) is 47.6 Å². The van der Waals surface area contributed by atoms with Gasteiger partial charge in [-0.25, -0.2) is 0 Å². The molecular weight excluding hydrogens is 478 g/mol. The number of carbonyl (C=O) groups excluding carboxylic acids is 4. The molecule has 174 valence electrons. The fourth-order valence-corrected chi connectivity index (χ4v) is 4.47. The molecule has 2 N–H and O–H groups in total. The van der Waals surface area contributed by atoms with Gasteiger partial charge in [0.2, 0.25) is 11.8 Å². The van der Waals surface area contributed by atoms with Crippen LogP contribution >= 0.6 is 23.4 Å². The summed E-state index contributed by atoms with van der Waals surface area (Å²) in [4.78, 5) is 49.3. The van der Waals surface area contributed by atoms with Crippen LogP contribution in [0.15, 0.2) is 59.1 Å². The minimum absolute atomic E-state index is 0.124. The summed E-state index contributed by atoms with van der Waals surface area (Å²) in [6.07, 6.45) is 0. The first kappa shape index (κ1) is 25.0. The zero-order chi connectivity index (χ0) is 24.8. The number of halogens is 1. The number of ether oxygens (including phenoxy) is 1. The van der Waals surface area contributed by atoms with E-state index in [4.69, 9.17) is 16.3 Å². The second kappa shape index (κ2) is 11.0. The lowest BCUT2D eigenvalue weighted by Gasteiger charge is -2.30. The van der Waals surface area contributed by atoms with E-state index in [1.54, 1.807) is 48.5 Å². The number of allylic oxidation sites excluding steroid dienone is 1. The molecule has 2 atom stereocenters. The first-order chi connectivity index (χ1) is 16.2. The van der Waals surface area contributed by atoms with Gasteiger partial charge in [0.15, 0.2) is 5.78 Å². The van der Waals surface area contributed by atoms with Crippen LogP contribution in [0.25, 0.3) is 0 Å². The van der Waals surface area contributed by atoms with Crippen LogP contribution in [-0.2, 0) is 19.1 Å². The van der Waals surface area contributed by atoms with Crippen LogP contribution in [0.5, 0.6) is 0 Å². The van der Waals surface area contributed by atoms with Gasteiger partial charge in [-0.3, -0.25) is 19.2 Å². The molecule has 0 saturated carbocycles. The van der Waals surface area contributed by atoms with E-state index in [2.05, 4.69) is 16.7 Å². The third-order valence-electron chi connectivity index (χ3n) is 5.11. The lowest BCUT2D eigenvalue weighted by atomic mass is 9.78. The minimum Gasteiger partial charge on any atom is -0.468 e. The van der Waals surface area contributed by atoms with Crippen LogP contribution in [0.1, 0.15) is 28.8 Å². The van der Waals surface area contributed by atoms with Crippen molar-refractivity contribution in [3.8, 4) is 6.07 Å². The monoisotopic (exact) mass is 497 g/mol. The summed E-state index contributed by atoms with van der Waals surface area (Å²) in [6.45, 7) is 1.43. The molecule has 1 aliphatic heterocycles. The molecule has 8 nitrogen and oxygen atoms in total. The highest BCUT2D eigenvalue weighted by Gasteiger charge is 2.44. The molecule has 0 spiro atoms. The van der Waals surface area contributed by atoms with Crippen molar-refractivity contribution in [2.24, 2.45) is 5.92 Å². The van der Waals surface area contributed by atoms with Crippen molar-refractivity contribution in [2.45, 2.75) is 12.8 Å². The standard InChI is InChI=1S/C24H20ClN3O5S/c1-13(29)15-4-3-5-17(10-15)27-19(30)12-34-23-18(11-26)20(14-6-8-16(25)9-7-14)21(22(31)28-23)24(32)33-2/h3-10,20-21H,12H2,1-2H3,(H,27,30)(H,28,31)/t20-,21-/m0/s1. The van der Waals surface area contributed by atoms with E-state index in [-0.39, 0.29) is 22.1 Å². The average molecular weight is 498 g/mol. The van der Waals surface area contributed by atoms with Gasteiger partial charge in [0.1, 0.15) is 5.92 Å². The van der Waals surface area contributed by atoms with Crippen molar-refractivity contribution in [1.82, 2.24) is 5.32 Å². The number of esters is 1. The van der Waals surface area contributed by atoms with E-state index >= 15 is 0 Å². The van der Waals surface area contributed by atoms with Crippen LogP contribution in [-0.4, -0.2) is 36.4 Å². The molecule has 0 fully saturated rings. The predicted molar refractivity (Wildman–Crippen MR) is 128 cm³/mol. The molecule has 1 heterocycles. The first-order valence-corrected chi connectivity index (χ1v) is 11.4. The predicted octanol–water partition coefficient (Wildman–Crippen LogP) is 3.65. The Hall–Kier alpha value is -3.61. The molecule has 10 heteroatoms. The summed E-state index contributed by atoms with van der Waals surface area (Å²) >= 11 is 6.93. The molecular formula is C24H20ClN3O5S. The number of ketones is 1. The van der Waals surface area contributed by atoms with Gasteiger partial charge < -0.3 is 15.4 Å². The second-order valence-electron chi connectivity index (χ2n) is 7.35. The van der Waals surface area contributed by atoms with Crippen molar-refractivity contribution in [3.63, 3.8) is 0 Å². The van der Waals surface area contributed by atoms with Crippen molar-refractivity contribution < 1.29 is 23.9 Å². The third kappa shape index (κ3) is 5.65. The summed E-state index contributed by atoms with van der Waals surface area (Å²) < 4.78 is 4.80. The molecule has 0 unspecified atom stereocenters. The van der Waals surface area contributed by atoms with Crippen LogP contribution in [0.3, 0.4) is 0 Å². The highest BCUT2D eigenvalue weighted by atomic mass is 35.5. The second-order valence-corrected chi connectivity index (χ2v) is 8.77. The van der Waals surface area contributed by atoms with E-state index in [0.717, 1.165) is 11.8 Å². The average Bonchev–Trinajstić information content (AvgIpc) is 2.82. The lowest BCUT2D eigenvalue weighted by Crippen LogP contribution is -2.44. The highest BCUT2D eigenvalue weighted by Crippen LogP contribution is 2.40. The fourth-order valence-electron chi connectivity index (χ4n) is 3.50. The molecule has 2 aromatic carbocycles. The van der Waals surface area contributed by atoms with Gasteiger partial charge in [-0.15, -0.1) is 0 Å². The number of Topliss-reactive ketones (excluding diaryl/α,β-unsaturated/α-hetero) is 1. The first-order valence-electron chi connectivity index (χ1n) is 10.1. The van der Waals surface area contributed by atoms with Crippen LogP contribution in [0, 0.1) is 17.2 Å². The third-order valence-corrected chi connectivity index (χ3v) is 6.38. The topological polar surface area (TPSA) is 125 Å². The number of rotatable bonds is 7. The quantitative estimate of drug-likeness (QED) is 0.339. The Morgan fingerprint density at radius 2 is 1.91 bits per heavy atom. The van der Waals surface area contributed by atoms with Crippen molar-refractivity contribution >= 4 is 52.6 Å². The molecule has 1 aliphatic rings. The Labute approximate surface area is 205 Å². The van der Waals surface area contributed by atoms with E-state index in [9.17, 15) is 24.4 Å². The summed E-state index contributed by atoms with van der Waals surface area (Å²) in [5, 5.41) is 15.8. The van der Waals surface area contributed by atoms with Gasteiger partial charge in [0, 0.05) is 22.2 Å². The number of nitrogens with one attached hydrogen (secondary N) is 2.